The molecule has 2 aliphatic rings. The maximum atomic E-state index is 13.3. The highest BCUT2D eigenvalue weighted by molar-refractivity contribution is 6.04. The third-order valence-corrected chi connectivity index (χ3v) is 5.38. The van der Waals surface area contributed by atoms with Crippen LogP contribution in [0.3, 0.4) is 0 Å². The molecule has 0 spiro atoms. The predicted octanol–water partition coefficient (Wildman–Crippen LogP) is 4.81. The van der Waals surface area contributed by atoms with Crippen LogP contribution in [0.2, 0.25) is 0 Å². The van der Waals surface area contributed by atoms with Gasteiger partial charge in [-0.1, -0.05) is 44.7 Å². The van der Waals surface area contributed by atoms with Crippen LogP contribution in [0.1, 0.15) is 58.9 Å². The summed E-state index contributed by atoms with van der Waals surface area (Å²) in [6.07, 6.45) is 2.67. The van der Waals surface area contributed by atoms with Crippen molar-refractivity contribution in [3.63, 3.8) is 0 Å². The van der Waals surface area contributed by atoms with Crippen molar-refractivity contribution in [2.45, 2.75) is 59.5 Å². The van der Waals surface area contributed by atoms with Gasteiger partial charge in [0.05, 0.1) is 17.6 Å². The van der Waals surface area contributed by atoms with Gasteiger partial charge in [-0.05, 0) is 38.7 Å². The van der Waals surface area contributed by atoms with Gasteiger partial charge in [-0.15, -0.1) is 0 Å². The zero-order valence-electron chi connectivity index (χ0n) is 18.5. The predicted molar refractivity (Wildman–Crippen MR) is 117 cm³/mol. The van der Waals surface area contributed by atoms with Crippen LogP contribution >= 0.6 is 0 Å². The lowest BCUT2D eigenvalue weighted by Gasteiger charge is -2.39. The minimum Gasteiger partial charge on any atom is -0.491 e. The highest BCUT2D eigenvalue weighted by Gasteiger charge is 2.44. The molecule has 1 aromatic carbocycles. The van der Waals surface area contributed by atoms with E-state index in [4.69, 9.17) is 9.47 Å². The number of dihydropyridines is 1. The number of hydrogen-bond acceptors (Lipinski definition) is 5. The zero-order valence-corrected chi connectivity index (χ0v) is 18.5. The van der Waals surface area contributed by atoms with E-state index in [9.17, 15) is 9.59 Å². The van der Waals surface area contributed by atoms with Gasteiger partial charge in [-0.2, -0.15) is 0 Å². The Labute approximate surface area is 178 Å². The summed E-state index contributed by atoms with van der Waals surface area (Å²) in [5, 5.41) is 3.34. The van der Waals surface area contributed by atoms with Crippen LogP contribution in [0, 0.1) is 5.41 Å². The number of Topliss-reactive ketones (excluding diaryl/α,β-unsaturated/α-hetero) is 1. The molecule has 0 amide bonds. The Morgan fingerprint density at radius 3 is 2.67 bits per heavy atom. The summed E-state index contributed by atoms with van der Waals surface area (Å²) >= 11 is 0. The highest BCUT2D eigenvalue weighted by atomic mass is 16.5. The van der Waals surface area contributed by atoms with Gasteiger partial charge in [0.25, 0.3) is 0 Å². The maximum Gasteiger partial charge on any atom is 0.337 e. The second-order valence-electron chi connectivity index (χ2n) is 9.02. The van der Waals surface area contributed by atoms with Crippen molar-refractivity contribution in [3.8, 4) is 5.75 Å². The van der Waals surface area contributed by atoms with Crippen LogP contribution in [0.15, 0.2) is 59.5 Å². The Morgan fingerprint density at radius 2 is 2.00 bits per heavy atom. The number of ether oxygens (including phenoxy) is 2. The molecule has 1 aliphatic carbocycles. The number of benzene rings is 1. The quantitative estimate of drug-likeness (QED) is 0.540. The summed E-state index contributed by atoms with van der Waals surface area (Å²) in [6.45, 7) is 13.7. The molecule has 0 aromatic heterocycles. The van der Waals surface area contributed by atoms with Gasteiger partial charge in [-0.25, -0.2) is 4.79 Å². The summed E-state index contributed by atoms with van der Waals surface area (Å²) in [5.74, 6) is -0.254. The summed E-state index contributed by atoms with van der Waals surface area (Å²) in [6, 6.07) is 7.62. The van der Waals surface area contributed by atoms with Crippen molar-refractivity contribution >= 4 is 11.8 Å². The number of carbonyl (C=O) groups is 2. The zero-order chi connectivity index (χ0) is 22.1. The van der Waals surface area contributed by atoms with E-state index in [0.717, 1.165) is 17.7 Å². The molecule has 3 rings (SSSR count). The average Bonchev–Trinajstić information content (AvgIpc) is 2.64. The van der Waals surface area contributed by atoms with Crippen LogP contribution in [0.25, 0.3) is 0 Å². The van der Waals surface area contributed by atoms with Gasteiger partial charge >= 0.3 is 5.97 Å². The van der Waals surface area contributed by atoms with Crippen molar-refractivity contribution in [2.24, 2.45) is 5.41 Å². The first-order valence-electron chi connectivity index (χ1n) is 10.4. The first-order chi connectivity index (χ1) is 14.1. The Balaban J connectivity index is 2.20. The summed E-state index contributed by atoms with van der Waals surface area (Å²) in [7, 11) is 0. The molecule has 0 unspecified atom stereocenters. The third-order valence-electron chi connectivity index (χ3n) is 5.38. The van der Waals surface area contributed by atoms with Crippen LogP contribution in [0.4, 0.5) is 0 Å². The van der Waals surface area contributed by atoms with E-state index in [-0.39, 0.29) is 23.9 Å². The van der Waals surface area contributed by atoms with E-state index >= 15 is 0 Å². The van der Waals surface area contributed by atoms with Crippen LogP contribution in [-0.2, 0) is 14.3 Å². The molecule has 1 aliphatic heterocycles. The normalized spacial score (nSPS) is 20.6. The Bertz CT molecular complexity index is 936. The molecule has 0 saturated carbocycles. The van der Waals surface area contributed by atoms with E-state index in [2.05, 4.69) is 25.7 Å². The summed E-state index contributed by atoms with van der Waals surface area (Å²) < 4.78 is 11.5. The molecule has 1 heterocycles. The third kappa shape index (κ3) is 4.35. The molecule has 160 valence electrons. The SMILES string of the molecule is C=CCOC(=O)C1=C(C)NC2=C(C(=O)CC(C)(C)C2)[C@@H]1c1ccccc1OC(C)C. The van der Waals surface area contributed by atoms with E-state index in [1.165, 1.54) is 6.08 Å². The highest BCUT2D eigenvalue weighted by Crippen LogP contribution is 2.48. The molecule has 0 radical (unpaired) electrons. The molecule has 30 heavy (non-hydrogen) atoms. The van der Waals surface area contributed by atoms with Gasteiger partial charge < -0.3 is 14.8 Å². The number of ketones is 1. The standard InChI is InChI=1S/C25H31NO4/c1-7-12-29-24(28)21-16(4)26-18-13-25(5,6)14-19(27)23(18)22(21)17-10-8-9-11-20(17)30-15(2)3/h7-11,15,22,26H,1,12-14H2,2-6H3/t22-/m1/s1. The average molecular weight is 410 g/mol. The van der Waals surface area contributed by atoms with Crippen molar-refractivity contribution in [2.75, 3.05) is 6.61 Å². The van der Waals surface area contributed by atoms with Gasteiger partial charge in [0.15, 0.2) is 5.78 Å². The molecule has 0 bridgehead atoms. The second-order valence-corrected chi connectivity index (χ2v) is 9.02. The molecular weight excluding hydrogens is 378 g/mol. The van der Waals surface area contributed by atoms with Gasteiger partial charge in [0.1, 0.15) is 12.4 Å². The summed E-state index contributed by atoms with van der Waals surface area (Å²) in [4.78, 5) is 26.4. The largest absolute Gasteiger partial charge is 0.491 e. The molecule has 0 fully saturated rings. The minimum absolute atomic E-state index is 0.0384. The second kappa shape index (κ2) is 8.50. The van der Waals surface area contributed by atoms with E-state index in [0.29, 0.717) is 29.0 Å². The molecule has 5 nitrogen and oxygen atoms in total. The molecule has 1 atom stereocenters. The smallest absolute Gasteiger partial charge is 0.337 e. The monoisotopic (exact) mass is 409 g/mol. The van der Waals surface area contributed by atoms with Gasteiger partial charge in [0, 0.05) is 29.0 Å². The first-order valence-corrected chi connectivity index (χ1v) is 10.4. The molecule has 5 heteroatoms. The van der Waals surface area contributed by atoms with Crippen molar-refractivity contribution in [1.82, 2.24) is 5.32 Å². The van der Waals surface area contributed by atoms with E-state index in [1.807, 2.05) is 45.0 Å². The van der Waals surface area contributed by atoms with Gasteiger partial charge in [0.2, 0.25) is 0 Å². The minimum atomic E-state index is -0.530. The Hall–Kier alpha value is -2.82. The number of carbonyl (C=O) groups excluding carboxylic acids is 2. The number of esters is 1. The lowest BCUT2D eigenvalue weighted by molar-refractivity contribution is -0.138. The number of allylic oxidation sites excluding steroid dienone is 3. The number of nitrogens with one attached hydrogen (secondary N) is 1. The topological polar surface area (TPSA) is 64.6 Å². The van der Waals surface area contributed by atoms with Crippen LogP contribution < -0.4 is 10.1 Å². The van der Waals surface area contributed by atoms with Gasteiger partial charge in [-0.3, -0.25) is 4.79 Å². The summed E-state index contributed by atoms with van der Waals surface area (Å²) in [5.41, 5.74) is 3.35. The number of para-hydroxylation sites is 1. The van der Waals surface area contributed by atoms with Crippen molar-refractivity contribution in [1.29, 1.82) is 0 Å². The fourth-order valence-corrected chi connectivity index (χ4v) is 4.31. The van der Waals surface area contributed by atoms with Crippen LogP contribution in [-0.4, -0.2) is 24.5 Å². The lowest BCUT2D eigenvalue weighted by Crippen LogP contribution is -2.38. The maximum absolute atomic E-state index is 13.3. The van der Waals surface area contributed by atoms with Crippen LogP contribution in [0.5, 0.6) is 5.75 Å². The Kier molecular flexibility index (Phi) is 6.20. The lowest BCUT2D eigenvalue weighted by atomic mass is 9.68. The van der Waals surface area contributed by atoms with E-state index < -0.39 is 11.9 Å². The van der Waals surface area contributed by atoms with E-state index in [1.54, 1.807) is 0 Å². The fraction of sp³-hybridized carbons (Fsp3) is 0.440. The molecular formula is C25H31NO4. The van der Waals surface area contributed by atoms with Crippen molar-refractivity contribution in [3.05, 3.63) is 65.0 Å². The fourth-order valence-electron chi connectivity index (χ4n) is 4.31. The molecule has 1 N–H and O–H groups in total. The number of rotatable bonds is 6. The molecule has 1 aromatic rings. The Morgan fingerprint density at radius 1 is 1.30 bits per heavy atom. The van der Waals surface area contributed by atoms with Crippen molar-refractivity contribution < 1.29 is 19.1 Å². The molecule has 0 saturated heterocycles. The number of hydrogen-bond donors (Lipinski definition) is 1. The first kappa shape index (κ1) is 21.9.